The number of hydrogen-bond donors (Lipinski definition) is 2. The third-order valence-electron chi connectivity index (χ3n) is 3.35. The molecule has 0 aliphatic rings. The number of carboxylic acids is 1. The van der Waals surface area contributed by atoms with Crippen LogP contribution in [0.3, 0.4) is 0 Å². The Hall–Kier alpha value is -2.77. The lowest BCUT2D eigenvalue weighted by Crippen LogP contribution is -2.61. The average molecular weight is 327 g/mol. The molecule has 0 saturated carbocycles. The Kier molecular flexibility index (Phi) is 4.18. The second-order valence-corrected chi connectivity index (χ2v) is 4.76. The highest BCUT2D eigenvalue weighted by molar-refractivity contribution is 5.98. The molecule has 1 amide bonds. The van der Waals surface area contributed by atoms with E-state index < -0.39 is 29.2 Å². The Balaban J connectivity index is 2.57. The third kappa shape index (κ3) is 2.79. The van der Waals surface area contributed by atoms with Gasteiger partial charge in [0.25, 0.3) is 11.4 Å². The summed E-state index contributed by atoms with van der Waals surface area (Å²) in [7, 11) is 0. The minimum absolute atomic E-state index is 0.0940. The summed E-state index contributed by atoms with van der Waals surface area (Å²) in [6.45, 7) is 1.19. The van der Waals surface area contributed by atoms with Gasteiger partial charge in [-0.3, -0.25) is 4.79 Å². The minimum Gasteiger partial charge on any atom is -0.479 e. The lowest BCUT2D eigenvalue weighted by molar-refractivity contribution is -0.211. The Morgan fingerprint density at radius 2 is 1.74 bits per heavy atom. The van der Waals surface area contributed by atoms with Gasteiger partial charge in [0.05, 0.1) is 6.26 Å². The van der Waals surface area contributed by atoms with Crippen molar-refractivity contribution >= 4 is 11.9 Å². The molecular formula is C15H12F3NO4. The Bertz CT molecular complexity index is 724. The zero-order valence-electron chi connectivity index (χ0n) is 11.8. The number of benzene rings is 1. The second kappa shape index (κ2) is 5.79. The van der Waals surface area contributed by atoms with E-state index in [9.17, 15) is 27.9 Å². The largest absolute Gasteiger partial charge is 0.479 e. The van der Waals surface area contributed by atoms with Crippen molar-refractivity contribution in [2.45, 2.75) is 18.6 Å². The first-order valence-corrected chi connectivity index (χ1v) is 6.42. The van der Waals surface area contributed by atoms with Crippen molar-refractivity contribution in [2.24, 2.45) is 0 Å². The number of carboxylic acid groups (broad SMARTS) is 1. The molecule has 1 atom stereocenters. The highest BCUT2D eigenvalue weighted by Gasteiger charge is 2.64. The molecule has 1 aromatic heterocycles. The van der Waals surface area contributed by atoms with Crippen molar-refractivity contribution in [1.29, 1.82) is 0 Å². The topological polar surface area (TPSA) is 79.5 Å². The molecule has 5 nitrogen and oxygen atoms in total. The van der Waals surface area contributed by atoms with E-state index in [1.54, 1.807) is 11.4 Å². The number of rotatable bonds is 4. The van der Waals surface area contributed by atoms with Gasteiger partial charge in [-0.15, -0.1) is 0 Å². The van der Waals surface area contributed by atoms with Gasteiger partial charge < -0.3 is 14.8 Å². The molecule has 0 spiro atoms. The second-order valence-electron chi connectivity index (χ2n) is 4.76. The molecule has 0 radical (unpaired) electrons. The van der Waals surface area contributed by atoms with Gasteiger partial charge in [-0.25, -0.2) is 4.79 Å². The first-order chi connectivity index (χ1) is 10.7. The third-order valence-corrected chi connectivity index (χ3v) is 3.35. The average Bonchev–Trinajstić information content (AvgIpc) is 2.90. The number of furan rings is 1. The van der Waals surface area contributed by atoms with Crippen molar-refractivity contribution in [3.63, 3.8) is 0 Å². The number of hydrogen-bond acceptors (Lipinski definition) is 3. The lowest BCUT2D eigenvalue weighted by atomic mass is 9.88. The molecule has 0 aliphatic heterocycles. The van der Waals surface area contributed by atoms with E-state index in [0.29, 0.717) is 0 Å². The van der Waals surface area contributed by atoms with E-state index in [2.05, 4.69) is 0 Å². The van der Waals surface area contributed by atoms with Crippen LogP contribution in [0.1, 0.15) is 21.7 Å². The number of carbonyl (C=O) groups excluding carboxylic acids is 1. The van der Waals surface area contributed by atoms with Crippen LogP contribution in [0.15, 0.2) is 47.1 Å². The van der Waals surface area contributed by atoms with E-state index in [1.807, 2.05) is 0 Å². The van der Waals surface area contributed by atoms with Crippen molar-refractivity contribution in [1.82, 2.24) is 5.32 Å². The van der Waals surface area contributed by atoms with Gasteiger partial charge in [-0.05, 0) is 25.1 Å². The van der Waals surface area contributed by atoms with E-state index >= 15 is 0 Å². The quantitative estimate of drug-likeness (QED) is 0.905. The molecule has 0 aliphatic carbocycles. The summed E-state index contributed by atoms with van der Waals surface area (Å²) < 4.78 is 45.6. The maximum Gasteiger partial charge on any atom is 0.426 e. The van der Waals surface area contributed by atoms with Crippen LogP contribution in [0.25, 0.3) is 0 Å². The van der Waals surface area contributed by atoms with Crippen LogP contribution in [-0.2, 0) is 10.3 Å². The highest BCUT2D eigenvalue weighted by atomic mass is 19.4. The summed E-state index contributed by atoms with van der Waals surface area (Å²) in [6.07, 6.45) is -4.35. The molecule has 1 unspecified atom stereocenters. The first kappa shape index (κ1) is 16.6. The molecule has 1 aromatic carbocycles. The molecule has 0 bridgehead atoms. The SMILES string of the molecule is Cc1occc1C(NC(=O)c1ccccc1)(C(=O)O)C(F)(F)F. The molecule has 8 heteroatoms. The Morgan fingerprint density at radius 3 is 2.17 bits per heavy atom. The molecule has 2 N–H and O–H groups in total. The van der Waals surface area contributed by atoms with Crippen molar-refractivity contribution in [2.75, 3.05) is 0 Å². The van der Waals surface area contributed by atoms with Crippen LogP contribution in [-0.4, -0.2) is 23.2 Å². The lowest BCUT2D eigenvalue weighted by Gasteiger charge is -2.32. The summed E-state index contributed by atoms with van der Waals surface area (Å²) in [6, 6.07) is 7.91. The molecule has 0 saturated heterocycles. The standard InChI is InChI=1S/C15H12F3NO4/c1-9-11(7-8-23-9)14(13(21)22,15(16,17)18)19-12(20)10-5-3-2-4-6-10/h2-8H,1H3,(H,19,20)(H,21,22). The molecule has 122 valence electrons. The van der Waals surface area contributed by atoms with Gasteiger partial charge in [-0.2, -0.15) is 13.2 Å². The number of amides is 1. The number of alkyl halides is 3. The molecule has 2 aromatic rings. The van der Waals surface area contributed by atoms with Crippen LogP contribution >= 0.6 is 0 Å². The Morgan fingerprint density at radius 1 is 1.13 bits per heavy atom. The van der Waals surface area contributed by atoms with E-state index in [4.69, 9.17) is 4.42 Å². The van der Waals surface area contributed by atoms with Gasteiger partial charge in [-0.1, -0.05) is 18.2 Å². The van der Waals surface area contributed by atoms with Crippen molar-refractivity contribution < 1.29 is 32.3 Å². The molecule has 1 heterocycles. The van der Waals surface area contributed by atoms with Gasteiger partial charge in [0, 0.05) is 11.1 Å². The van der Waals surface area contributed by atoms with E-state index in [-0.39, 0.29) is 11.3 Å². The minimum atomic E-state index is -5.28. The first-order valence-electron chi connectivity index (χ1n) is 6.42. The van der Waals surface area contributed by atoms with Crippen LogP contribution in [0, 0.1) is 6.92 Å². The maximum atomic E-state index is 13.6. The normalized spacial score (nSPS) is 14.1. The van der Waals surface area contributed by atoms with Crippen LogP contribution in [0.2, 0.25) is 0 Å². The van der Waals surface area contributed by atoms with Gasteiger partial charge in [0.15, 0.2) is 0 Å². The maximum absolute atomic E-state index is 13.6. The molecule has 0 fully saturated rings. The number of aryl methyl sites for hydroxylation is 1. The predicted molar refractivity (Wildman–Crippen MR) is 72.7 cm³/mol. The van der Waals surface area contributed by atoms with Crippen LogP contribution in [0.5, 0.6) is 0 Å². The zero-order chi connectivity index (χ0) is 17.3. The van der Waals surface area contributed by atoms with E-state index in [1.165, 1.54) is 31.2 Å². The number of halogens is 3. The number of aliphatic carboxylic acids is 1. The molecule has 23 heavy (non-hydrogen) atoms. The smallest absolute Gasteiger partial charge is 0.426 e. The van der Waals surface area contributed by atoms with Crippen molar-refractivity contribution in [3.05, 3.63) is 59.5 Å². The van der Waals surface area contributed by atoms with Crippen molar-refractivity contribution in [3.8, 4) is 0 Å². The van der Waals surface area contributed by atoms with Gasteiger partial charge in [0.2, 0.25) is 0 Å². The number of carbonyl (C=O) groups is 2. The molecule has 2 rings (SSSR count). The summed E-state index contributed by atoms with van der Waals surface area (Å²) in [4.78, 5) is 23.6. The predicted octanol–water partition coefficient (Wildman–Crippen LogP) is 2.86. The number of nitrogens with one attached hydrogen (secondary N) is 1. The molecular weight excluding hydrogens is 315 g/mol. The fourth-order valence-electron chi connectivity index (χ4n) is 2.19. The van der Waals surface area contributed by atoms with Crippen LogP contribution < -0.4 is 5.32 Å². The van der Waals surface area contributed by atoms with Gasteiger partial charge in [0.1, 0.15) is 5.76 Å². The summed E-state index contributed by atoms with van der Waals surface area (Å²) in [5.41, 5.74) is -4.37. The van der Waals surface area contributed by atoms with E-state index in [0.717, 1.165) is 12.3 Å². The fraction of sp³-hybridized carbons (Fsp3) is 0.200. The summed E-state index contributed by atoms with van der Waals surface area (Å²) >= 11 is 0. The monoisotopic (exact) mass is 327 g/mol. The summed E-state index contributed by atoms with van der Waals surface area (Å²) in [5.74, 6) is -3.66. The Labute approximate surface area is 128 Å². The van der Waals surface area contributed by atoms with Crippen LogP contribution in [0.4, 0.5) is 13.2 Å². The summed E-state index contributed by atoms with van der Waals surface area (Å²) in [5, 5.41) is 10.9. The van der Waals surface area contributed by atoms with Gasteiger partial charge >= 0.3 is 12.1 Å². The zero-order valence-corrected chi connectivity index (χ0v) is 11.8. The highest BCUT2D eigenvalue weighted by Crippen LogP contribution is 2.41. The fourth-order valence-corrected chi connectivity index (χ4v) is 2.19.